The largest absolute Gasteiger partial charge is 0.338 e. The first-order chi connectivity index (χ1) is 9.84. The Bertz CT molecular complexity index is 706. The summed E-state index contributed by atoms with van der Waals surface area (Å²) in [5.41, 5.74) is 2.27. The maximum absolute atomic E-state index is 12.1. The molecule has 0 atom stereocenters. The quantitative estimate of drug-likeness (QED) is 0.786. The van der Waals surface area contributed by atoms with Gasteiger partial charge in [0.15, 0.2) is 0 Å². The Labute approximate surface area is 116 Å². The second-order valence-electron chi connectivity index (χ2n) is 4.25. The number of hydrogen-bond donors (Lipinski definition) is 1. The molecular formula is C16H12N2O2. The smallest absolute Gasteiger partial charge is 0.258 e. The highest BCUT2D eigenvalue weighted by atomic mass is 16.5. The van der Waals surface area contributed by atoms with Crippen LogP contribution < -0.4 is 5.32 Å². The Hall–Kier alpha value is -2.88. The van der Waals surface area contributed by atoms with E-state index in [1.807, 2.05) is 48.5 Å². The molecule has 2 aromatic carbocycles. The van der Waals surface area contributed by atoms with E-state index < -0.39 is 0 Å². The fourth-order valence-electron chi connectivity index (χ4n) is 1.92. The van der Waals surface area contributed by atoms with Crippen molar-refractivity contribution >= 4 is 11.8 Å². The SMILES string of the molecule is O=C(Nc1oncc1-c1ccccc1)c1ccccc1. The average Bonchev–Trinajstić information content (AvgIpc) is 2.97. The zero-order chi connectivity index (χ0) is 13.8. The summed E-state index contributed by atoms with van der Waals surface area (Å²) >= 11 is 0. The van der Waals surface area contributed by atoms with Crippen LogP contribution in [0.2, 0.25) is 0 Å². The molecule has 0 fully saturated rings. The van der Waals surface area contributed by atoms with Crippen LogP contribution in [0.5, 0.6) is 0 Å². The molecule has 1 heterocycles. The highest BCUT2D eigenvalue weighted by molar-refractivity contribution is 6.05. The number of benzene rings is 2. The summed E-state index contributed by atoms with van der Waals surface area (Å²) in [4.78, 5) is 12.1. The molecule has 0 aliphatic heterocycles. The predicted octanol–water partition coefficient (Wildman–Crippen LogP) is 3.59. The van der Waals surface area contributed by atoms with Crippen molar-refractivity contribution in [1.82, 2.24) is 5.16 Å². The second kappa shape index (κ2) is 5.40. The monoisotopic (exact) mass is 264 g/mol. The third-order valence-electron chi connectivity index (χ3n) is 2.92. The van der Waals surface area contributed by atoms with Gasteiger partial charge in [0.1, 0.15) is 0 Å². The van der Waals surface area contributed by atoms with E-state index in [-0.39, 0.29) is 5.91 Å². The van der Waals surface area contributed by atoms with Crippen molar-refractivity contribution in [1.29, 1.82) is 0 Å². The van der Waals surface area contributed by atoms with Crippen LogP contribution in [0.3, 0.4) is 0 Å². The zero-order valence-electron chi connectivity index (χ0n) is 10.6. The maximum atomic E-state index is 12.1. The van der Waals surface area contributed by atoms with E-state index in [2.05, 4.69) is 10.5 Å². The number of nitrogens with zero attached hydrogens (tertiary/aromatic N) is 1. The number of aromatic nitrogens is 1. The van der Waals surface area contributed by atoms with Gasteiger partial charge in [0.2, 0.25) is 5.88 Å². The van der Waals surface area contributed by atoms with E-state index in [0.717, 1.165) is 11.1 Å². The summed E-state index contributed by atoms with van der Waals surface area (Å²) in [5, 5.41) is 6.49. The molecule has 20 heavy (non-hydrogen) atoms. The van der Waals surface area contributed by atoms with Crippen LogP contribution in [-0.4, -0.2) is 11.1 Å². The van der Waals surface area contributed by atoms with Crippen molar-refractivity contribution < 1.29 is 9.32 Å². The first-order valence-electron chi connectivity index (χ1n) is 6.21. The van der Waals surface area contributed by atoms with Gasteiger partial charge in [-0.3, -0.25) is 10.1 Å². The van der Waals surface area contributed by atoms with Crippen molar-refractivity contribution in [2.45, 2.75) is 0 Å². The van der Waals surface area contributed by atoms with Crippen LogP contribution in [0.15, 0.2) is 71.4 Å². The number of anilines is 1. The van der Waals surface area contributed by atoms with Crippen LogP contribution in [0.4, 0.5) is 5.88 Å². The Balaban J connectivity index is 1.86. The molecule has 0 radical (unpaired) electrons. The van der Waals surface area contributed by atoms with Gasteiger partial charge >= 0.3 is 0 Å². The minimum Gasteiger partial charge on any atom is -0.338 e. The van der Waals surface area contributed by atoms with Crippen LogP contribution in [-0.2, 0) is 0 Å². The highest BCUT2D eigenvalue weighted by Gasteiger charge is 2.14. The van der Waals surface area contributed by atoms with Gasteiger partial charge in [0.25, 0.3) is 5.91 Å². The fourth-order valence-corrected chi connectivity index (χ4v) is 1.92. The number of carbonyl (C=O) groups is 1. The summed E-state index contributed by atoms with van der Waals surface area (Å²) in [5.74, 6) is 0.129. The van der Waals surface area contributed by atoms with E-state index in [9.17, 15) is 4.79 Å². The fraction of sp³-hybridized carbons (Fsp3) is 0. The standard InChI is InChI=1S/C16H12N2O2/c19-15(13-9-5-2-6-10-13)18-16-14(11-17-20-16)12-7-3-1-4-8-12/h1-11H,(H,18,19). The Kier molecular flexibility index (Phi) is 3.29. The lowest BCUT2D eigenvalue weighted by atomic mass is 10.1. The van der Waals surface area contributed by atoms with Gasteiger partial charge < -0.3 is 4.52 Å². The van der Waals surface area contributed by atoms with Crippen LogP contribution in [0.25, 0.3) is 11.1 Å². The molecular weight excluding hydrogens is 252 g/mol. The summed E-state index contributed by atoms with van der Waals surface area (Å²) < 4.78 is 5.13. The molecule has 0 bridgehead atoms. The molecule has 1 N–H and O–H groups in total. The number of rotatable bonds is 3. The molecule has 0 aliphatic carbocycles. The van der Waals surface area contributed by atoms with Crippen molar-refractivity contribution in [3.05, 3.63) is 72.4 Å². The predicted molar refractivity (Wildman–Crippen MR) is 76.3 cm³/mol. The van der Waals surface area contributed by atoms with E-state index in [1.165, 1.54) is 0 Å². The summed E-state index contributed by atoms with van der Waals surface area (Å²) in [7, 11) is 0. The van der Waals surface area contributed by atoms with E-state index in [0.29, 0.717) is 11.4 Å². The minimum absolute atomic E-state index is 0.223. The van der Waals surface area contributed by atoms with Gasteiger partial charge in [0.05, 0.1) is 11.8 Å². The Morgan fingerprint density at radius 1 is 0.950 bits per heavy atom. The first-order valence-corrected chi connectivity index (χ1v) is 6.21. The summed E-state index contributed by atoms with van der Waals surface area (Å²) in [6, 6.07) is 18.6. The number of amides is 1. The molecule has 0 saturated heterocycles. The lowest BCUT2D eigenvalue weighted by Gasteiger charge is -2.04. The van der Waals surface area contributed by atoms with Crippen LogP contribution in [0, 0.1) is 0 Å². The van der Waals surface area contributed by atoms with Crippen molar-refractivity contribution in [3.8, 4) is 11.1 Å². The molecule has 3 aromatic rings. The van der Waals surface area contributed by atoms with Gasteiger partial charge in [-0.15, -0.1) is 0 Å². The van der Waals surface area contributed by atoms with E-state index in [4.69, 9.17) is 4.52 Å². The third-order valence-corrected chi connectivity index (χ3v) is 2.92. The van der Waals surface area contributed by atoms with E-state index in [1.54, 1.807) is 18.3 Å². The van der Waals surface area contributed by atoms with Crippen LogP contribution in [0.1, 0.15) is 10.4 Å². The molecule has 0 aliphatic rings. The molecule has 0 saturated carbocycles. The summed E-state index contributed by atoms with van der Waals surface area (Å²) in [6.07, 6.45) is 1.59. The van der Waals surface area contributed by atoms with Crippen molar-refractivity contribution in [2.75, 3.05) is 5.32 Å². The molecule has 4 heteroatoms. The first kappa shape index (κ1) is 12.2. The zero-order valence-corrected chi connectivity index (χ0v) is 10.6. The number of nitrogens with one attached hydrogen (secondary N) is 1. The normalized spacial score (nSPS) is 10.2. The summed E-state index contributed by atoms with van der Waals surface area (Å²) in [6.45, 7) is 0. The van der Waals surface area contributed by atoms with Gasteiger partial charge in [-0.1, -0.05) is 53.7 Å². The lowest BCUT2D eigenvalue weighted by molar-refractivity contribution is 0.102. The molecule has 0 unspecified atom stereocenters. The molecule has 1 amide bonds. The lowest BCUT2D eigenvalue weighted by Crippen LogP contribution is -2.11. The Morgan fingerprint density at radius 2 is 1.60 bits per heavy atom. The molecule has 1 aromatic heterocycles. The van der Waals surface area contributed by atoms with Crippen molar-refractivity contribution in [3.63, 3.8) is 0 Å². The van der Waals surface area contributed by atoms with E-state index >= 15 is 0 Å². The van der Waals surface area contributed by atoms with Crippen molar-refractivity contribution in [2.24, 2.45) is 0 Å². The Morgan fingerprint density at radius 3 is 2.30 bits per heavy atom. The second-order valence-corrected chi connectivity index (χ2v) is 4.25. The van der Waals surface area contributed by atoms with Gasteiger partial charge in [-0.2, -0.15) is 0 Å². The number of carbonyl (C=O) groups excluding carboxylic acids is 1. The average molecular weight is 264 g/mol. The topological polar surface area (TPSA) is 55.1 Å². The molecule has 98 valence electrons. The van der Waals surface area contributed by atoms with Gasteiger partial charge in [-0.05, 0) is 17.7 Å². The molecule has 0 spiro atoms. The third kappa shape index (κ3) is 2.44. The maximum Gasteiger partial charge on any atom is 0.258 e. The van der Waals surface area contributed by atoms with Gasteiger partial charge in [-0.25, -0.2) is 0 Å². The molecule has 4 nitrogen and oxygen atoms in total. The van der Waals surface area contributed by atoms with Crippen LogP contribution >= 0.6 is 0 Å². The number of hydrogen-bond acceptors (Lipinski definition) is 3. The molecule has 3 rings (SSSR count). The highest BCUT2D eigenvalue weighted by Crippen LogP contribution is 2.27. The van der Waals surface area contributed by atoms with Gasteiger partial charge in [0, 0.05) is 5.56 Å². The minimum atomic E-state index is -0.223.